The highest BCUT2D eigenvalue weighted by Gasteiger charge is 2.36. The second-order valence-electron chi connectivity index (χ2n) is 8.02. The van der Waals surface area contributed by atoms with Crippen LogP contribution in [0.15, 0.2) is 30.5 Å². The molecule has 1 amide bonds. The van der Waals surface area contributed by atoms with E-state index in [1.54, 1.807) is 24.4 Å². The molecule has 8 heteroatoms. The third-order valence-corrected chi connectivity index (χ3v) is 5.99. The van der Waals surface area contributed by atoms with Gasteiger partial charge in [-0.3, -0.25) is 9.59 Å². The molecule has 1 atom stereocenters. The fourth-order valence-corrected chi connectivity index (χ4v) is 4.31. The Bertz CT molecular complexity index is 1000. The van der Waals surface area contributed by atoms with E-state index in [2.05, 4.69) is 4.98 Å². The Morgan fingerprint density at radius 2 is 1.90 bits per heavy atom. The van der Waals surface area contributed by atoms with Gasteiger partial charge in [-0.25, -0.2) is 9.37 Å². The van der Waals surface area contributed by atoms with Gasteiger partial charge in [-0.15, -0.1) is 0 Å². The van der Waals surface area contributed by atoms with Gasteiger partial charge in [0.1, 0.15) is 17.7 Å². The van der Waals surface area contributed by atoms with Crippen LogP contribution in [-0.4, -0.2) is 48.6 Å². The van der Waals surface area contributed by atoms with Gasteiger partial charge in [0.05, 0.1) is 19.4 Å². The molecule has 0 bridgehead atoms. The quantitative estimate of drug-likeness (QED) is 0.731. The monoisotopic (exact) mass is 426 g/mol. The second-order valence-corrected chi connectivity index (χ2v) is 8.02. The zero-order valence-corrected chi connectivity index (χ0v) is 17.0. The number of hydrogen-bond donors (Lipinski definition) is 0. The molecule has 3 aliphatic rings. The maximum atomic E-state index is 14.4. The van der Waals surface area contributed by atoms with E-state index in [9.17, 15) is 14.0 Å². The van der Waals surface area contributed by atoms with Crippen molar-refractivity contribution in [1.82, 2.24) is 4.98 Å². The van der Waals surface area contributed by atoms with E-state index in [1.807, 2.05) is 0 Å². The number of aromatic nitrogens is 1. The van der Waals surface area contributed by atoms with Crippen LogP contribution in [0.5, 0.6) is 11.6 Å². The summed E-state index contributed by atoms with van der Waals surface area (Å²) in [6.45, 7) is 1.77. The number of amides is 1. The summed E-state index contributed by atoms with van der Waals surface area (Å²) >= 11 is 0. The first-order valence-electron chi connectivity index (χ1n) is 10.6. The Morgan fingerprint density at radius 3 is 2.68 bits per heavy atom. The molecule has 1 unspecified atom stereocenters. The molecule has 1 aromatic heterocycles. The van der Waals surface area contributed by atoms with Crippen molar-refractivity contribution >= 4 is 17.4 Å². The number of anilines is 1. The van der Waals surface area contributed by atoms with Gasteiger partial charge in [-0.2, -0.15) is 0 Å². The van der Waals surface area contributed by atoms with Gasteiger partial charge in [-0.1, -0.05) is 0 Å². The number of fused-ring (bicyclic) bond motifs is 1. The molecule has 31 heavy (non-hydrogen) atoms. The van der Waals surface area contributed by atoms with Gasteiger partial charge in [0.15, 0.2) is 11.9 Å². The molecule has 0 spiro atoms. The van der Waals surface area contributed by atoms with Crippen molar-refractivity contribution in [3.8, 4) is 11.6 Å². The minimum absolute atomic E-state index is 0.0793. The zero-order valence-electron chi connectivity index (χ0n) is 17.0. The summed E-state index contributed by atoms with van der Waals surface area (Å²) < 4.78 is 31.4. The topological polar surface area (TPSA) is 78.0 Å². The lowest BCUT2D eigenvalue weighted by atomic mass is 10.1. The standard InChI is InChI=1S/C23H23FN2O5/c24-19-12-14(11-18-17(19)2-3-20(18)27)26-8-5-21(23(26)28)30-16-1-4-22(25-13-16)31-15-6-9-29-10-7-15/h1,4,11-13,15,21H,2-3,5-10H2. The molecule has 7 nitrogen and oxygen atoms in total. The first-order chi connectivity index (χ1) is 15.1. The fourth-order valence-electron chi connectivity index (χ4n) is 4.31. The Morgan fingerprint density at radius 1 is 1.06 bits per heavy atom. The molecule has 0 saturated carbocycles. The van der Waals surface area contributed by atoms with E-state index in [0.29, 0.717) is 67.5 Å². The zero-order chi connectivity index (χ0) is 21.4. The van der Waals surface area contributed by atoms with Gasteiger partial charge in [0.2, 0.25) is 5.88 Å². The molecule has 2 aromatic rings. The molecular weight excluding hydrogens is 403 g/mol. The number of pyridine rings is 1. The lowest BCUT2D eigenvalue weighted by Gasteiger charge is -2.22. The number of ether oxygens (including phenoxy) is 3. The van der Waals surface area contributed by atoms with E-state index >= 15 is 0 Å². The number of nitrogens with zero attached hydrogens (tertiary/aromatic N) is 2. The fraction of sp³-hybridized carbons (Fsp3) is 0.435. The van der Waals surface area contributed by atoms with Crippen molar-refractivity contribution in [2.45, 2.75) is 44.3 Å². The molecule has 162 valence electrons. The summed E-state index contributed by atoms with van der Waals surface area (Å²) in [5.74, 6) is 0.211. The first kappa shape index (κ1) is 19.9. The van der Waals surface area contributed by atoms with Crippen LogP contribution in [0.4, 0.5) is 10.1 Å². The predicted octanol–water partition coefficient (Wildman–Crippen LogP) is 3.09. The van der Waals surface area contributed by atoms with Gasteiger partial charge in [0, 0.05) is 49.5 Å². The van der Waals surface area contributed by atoms with Crippen molar-refractivity contribution in [1.29, 1.82) is 0 Å². The average Bonchev–Trinajstić information content (AvgIpc) is 3.33. The third-order valence-electron chi connectivity index (χ3n) is 5.99. The van der Waals surface area contributed by atoms with Crippen LogP contribution in [0, 0.1) is 5.82 Å². The number of rotatable bonds is 5. The van der Waals surface area contributed by atoms with Crippen LogP contribution in [0.3, 0.4) is 0 Å². The maximum Gasteiger partial charge on any atom is 0.268 e. The van der Waals surface area contributed by atoms with Crippen molar-refractivity contribution in [2.24, 2.45) is 0 Å². The first-order valence-corrected chi connectivity index (χ1v) is 10.6. The number of carbonyl (C=O) groups excluding carboxylic acids is 2. The van der Waals surface area contributed by atoms with E-state index in [1.165, 1.54) is 11.0 Å². The highest BCUT2D eigenvalue weighted by atomic mass is 19.1. The number of carbonyl (C=O) groups is 2. The van der Waals surface area contributed by atoms with Crippen LogP contribution in [0.25, 0.3) is 0 Å². The van der Waals surface area contributed by atoms with E-state index in [-0.39, 0.29) is 17.8 Å². The van der Waals surface area contributed by atoms with Crippen LogP contribution in [0.1, 0.15) is 41.6 Å². The van der Waals surface area contributed by atoms with Crippen molar-refractivity contribution in [3.63, 3.8) is 0 Å². The third kappa shape index (κ3) is 3.99. The average molecular weight is 426 g/mol. The van der Waals surface area contributed by atoms with Crippen LogP contribution in [-0.2, 0) is 16.0 Å². The van der Waals surface area contributed by atoms with Gasteiger partial charge in [0.25, 0.3) is 5.91 Å². The summed E-state index contributed by atoms with van der Waals surface area (Å²) in [5, 5.41) is 0. The number of ketones is 1. The van der Waals surface area contributed by atoms with Crippen LogP contribution in [0.2, 0.25) is 0 Å². The lowest BCUT2D eigenvalue weighted by molar-refractivity contribution is -0.122. The summed E-state index contributed by atoms with van der Waals surface area (Å²) in [6.07, 6.45) is 3.82. The molecular formula is C23H23FN2O5. The molecule has 0 N–H and O–H groups in total. The van der Waals surface area contributed by atoms with Crippen LogP contribution >= 0.6 is 0 Å². The van der Waals surface area contributed by atoms with Crippen LogP contribution < -0.4 is 14.4 Å². The Balaban J connectivity index is 1.24. The largest absolute Gasteiger partial charge is 0.479 e. The van der Waals surface area contributed by atoms with Crippen molar-refractivity contribution in [3.05, 3.63) is 47.4 Å². The van der Waals surface area contributed by atoms with Gasteiger partial charge < -0.3 is 19.1 Å². The van der Waals surface area contributed by atoms with E-state index < -0.39 is 11.9 Å². The molecule has 1 aromatic carbocycles. The predicted molar refractivity (Wildman–Crippen MR) is 109 cm³/mol. The number of hydrogen-bond acceptors (Lipinski definition) is 6. The number of Topliss-reactive ketones (excluding diaryl/α,β-unsaturated/α-hetero) is 1. The minimum atomic E-state index is -0.684. The highest BCUT2D eigenvalue weighted by molar-refractivity contribution is 6.04. The lowest BCUT2D eigenvalue weighted by Crippen LogP contribution is -2.32. The summed E-state index contributed by atoms with van der Waals surface area (Å²) in [4.78, 5) is 30.6. The van der Waals surface area contributed by atoms with Crippen molar-refractivity contribution < 1.29 is 28.2 Å². The molecule has 2 saturated heterocycles. The Kier molecular flexibility index (Phi) is 5.31. The van der Waals surface area contributed by atoms with E-state index in [0.717, 1.165) is 12.8 Å². The van der Waals surface area contributed by atoms with Crippen molar-refractivity contribution in [2.75, 3.05) is 24.7 Å². The molecule has 1 aliphatic carbocycles. The second kappa shape index (κ2) is 8.26. The van der Waals surface area contributed by atoms with E-state index in [4.69, 9.17) is 14.2 Å². The summed E-state index contributed by atoms with van der Waals surface area (Å²) in [5.41, 5.74) is 1.24. The van der Waals surface area contributed by atoms with Gasteiger partial charge in [-0.05, 0) is 30.2 Å². The van der Waals surface area contributed by atoms with Gasteiger partial charge >= 0.3 is 0 Å². The molecule has 2 fully saturated rings. The molecule has 3 heterocycles. The molecule has 2 aliphatic heterocycles. The SMILES string of the molecule is O=C1CCc2c(F)cc(N3CCC(Oc4ccc(OC5CCOCC5)nc4)C3=O)cc21. The molecule has 0 radical (unpaired) electrons. The number of halogens is 1. The smallest absolute Gasteiger partial charge is 0.268 e. The summed E-state index contributed by atoms with van der Waals surface area (Å²) in [7, 11) is 0. The Hall–Kier alpha value is -3.00. The highest BCUT2D eigenvalue weighted by Crippen LogP contribution is 2.32. The molecule has 5 rings (SSSR count). The Labute approximate surface area is 179 Å². The normalized spacial score (nSPS) is 21.5. The minimum Gasteiger partial charge on any atom is -0.479 e. The maximum absolute atomic E-state index is 14.4. The number of benzene rings is 1. The summed E-state index contributed by atoms with van der Waals surface area (Å²) in [6, 6.07) is 6.41.